The SMILES string of the molecule is CC(SCc1ccccc1)c1ccccc1NC(=O)OC(C)(C)C. The summed E-state index contributed by atoms with van der Waals surface area (Å²) in [6, 6.07) is 18.3. The van der Waals surface area contributed by atoms with Crippen LogP contribution in [-0.4, -0.2) is 11.7 Å². The van der Waals surface area contributed by atoms with Crippen LogP contribution in [0.25, 0.3) is 0 Å². The Labute approximate surface area is 148 Å². The smallest absolute Gasteiger partial charge is 0.412 e. The summed E-state index contributed by atoms with van der Waals surface area (Å²) in [5.41, 5.74) is 2.70. The van der Waals surface area contributed by atoms with E-state index in [1.165, 1.54) is 5.56 Å². The molecule has 1 N–H and O–H groups in total. The maximum atomic E-state index is 12.0. The van der Waals surface area contributed by atoms with Gasteiger partial charge in [-0.05, 0) is 44.9 Å². The van der Waals surface area contributed by atoms with Crippen LogP contribution in [0.15, 0.2) is 54.6 Å². The lowest BCUT2D eigenvalue weighted by Gasteiger charge is -2.21. The van der Waals surface area contributed by atoms with Gasteiger partial charge in [0.2, 0.25) is 0 Å². The average molecular weight is 343 g/mol. The van der Waals surface area contributed by atoms with Crippen LogP contribution in [0.5, 0.6) is 0 Å². The Balaban J connectivity index is 2.03. The number of para-hydroxylation sites is 1. The van der Waals surface area contributed by atoms with Gasteiger partial charge in [0.15, 0.2) is 0 Å². The van der Waals surface area contributed by atoms with Crippen LogP contribution in [0.1, 0.15) is 44.1 Å². The molecule has 0 heterocycles. The summed E-state index contributed by atoms with van der Waals surface area (Å²) in [6.45, 7) is 7.73. The van der Waals surface area contributed by atoms with Crippen molar-refractivity contribution < 1.29 is 9.53 Å². The van der Waals surface area contributed by atoms with Gasteiger partial charge in [0.25, 0.3) is 0 Å². The van der Waals surface area contributed by atoms with Crippen molar-refractivity contribution in [2.24, 2.45) is 0 Å². The molecule has 0 aliphatic heterocycles. The fourth-order valence-corrected chi connectivity index (χ4v) is 3.28. The molecule has 2 rings (SSSR count). The molecule has 0 spiro atoms. The highest BCUT2D eigenvalue weighted by molar-refractivity contribution is 7.98. The lowest BCUT2D eigenvalue weighted by atomic mass is 10.1. The standard InChI is InChI=1S/C20H25NO2S/c1-15(24-14-16-10-6-5-7-11-16)17-12-8-9-13-18(17)21-19(22)23-20(2,3)4/h5-13,15H,14H2,1-4H3,(H,21,22). The number of carbonyl (C=O) groups is 1. The van der Waals surface area contributed by atoms with Gasteiger partial charge in [-0.2, -0.15) is 0 Å². The van der Waals surface area contributed by atoms with E-state index in [-0.39, 0.29) is 5.25 Å². The predicted octanol–water partition coefficient (Wildman–Crippen LogP) is 6.03. The quantitative estimate of drug-likeness (QED) is 0.720. The molecule has 2 aromatic carbocycles. The van der Waals surface area contributed by atoms with Gasteiger partial charge < -0.3 is 4.74 Å². The summed E-state index contributed by atoms with van der Waals surface area (Å²) in [7, 11) is 0. The second-order valence-corrected chi connectivity index (χ2v) is 7.98. The molecule has 0 aliphatic rings. The molecule has 0 aromatic heterocycles. The van der Waals surface area contributed by atoms with Crippen molar-refractivity contribution in [1.82, 2.24) is 0 Å². The number of hydrogen-bond acceptors (Lipinski definition) is 3. The highest BCUT2D eigenvalue weighted by atomic mass is 32.2. The molecule has 2 aromatic rings. The zero-order chi connectivity index (χ0) is 17.6. The largest absolute Gasteiger partial charge is 0.444 e. The minimum Gasteiger partial charge on any atom is -0.444 e. The molecule has 0 saturated carbocycles. The minimum absolute atomic E-state index is 0.261. The fraction of sp³-hybridized carbons (Fsp3) is 0.350. The maximum Gasteiger partial charge on any atom is 0.412 e. The van der Waals surface area contributed by atoms with Gasteiger partial charge in [0.05, 0.1) is 0 Å². The zero-order valence-electron chi connectivity index (χ0n) is 14.7. The van der Waals surface area contributed by atoms with Crippen molar-refractivity contribution in [1.29, 1.82) is 0 Å². The van der Waals surface area contributed by atoms with E-state index in [1.54, 1.807) is 0 Å². The molecule has 4 heteroatoms. The van der Waals surface area contributed by atoms with Gasteiger partial charge in [-0.15, -0.1) is 11.8 Å². The number of anilines is 1. The van der Waals surface area contributed by atoms with Gasteiger partial charge in [-0.3, -0.25) is 5.32 Å². The topological polar surface area (TPSA) is 38.3 Å². The molecule has 1 unspecified atom stereocenters. The number of hydrogen-bond donors (Lipinski definition) is 1. The fourth-order valence-electron chi connectivity index (χ4n) is 2.26. The Morgan fingerprint density at radius 3 is 2.38 bits per heavy atom. The van der Waals surface area contributed by atoms with Crippen molar-refractivity contribution in [2.45, 2.75) is 44.3 Å². The Kier molecular flexibility index (Phi) is 6.32. The van der Waals surface area contributed by atoms with Crippen LogP contribution in [0.2, 0.25) is 0 Å². The lowest BCUT2D eigenvalue weighted by molar-refractivity contribution is 0.0636. The third-order valence-electron chi connectivity index (χ3n) is 3.38. The number of carbonyl (C=O) groups excluding carboxylic acids is 1. The average Bonchev–Trinajstić information content (AvgIpc) is 2.52. The first-order valence-electron chi connectivity index (χ1n) is 8.09. The molecule has 0 radical (unpaired) electrons. The molecule has 0 bridgehead atoms. The molecule has 0 saturated heterocycles. The van der Waals surface area contributed by atoms with Gasteiger partial charge in [0, 0.05) is 16.7 Å². The van der Waals surface area contributed by atoms with Crippen LogP contribution in [0, 0.1) is 0 Å². The number of nitrogens with one attached hydrogen (secondary N) is 1. The van der Waals surface area contributed by atoms with Crippen molar-refractivity contribution in [3.63, 3.8) is 0 Å². The van der Waals surface area contributed by atoms with Crippen LogP contribution in [-0.2, 0) is 10.5 Å². The van der Waals surface area contributed by atoms with Crippen molar-refractivity contribution in [3.8, 4) is 0 Å². The zero-order valence-corrected chi connectivity index (χ0v) is 15.5. The summed E-state index contributed by atoms with van der Waals surface area (Å²) in [6.07, 6.45) is -0.421. The van der Waals surface area contributed by atoms with E-state index in [2.05, 4.69) is 42.6 Å². The number of rotatable bonds is 5. The first-order valence-corrected chi connectivity index (χ1v) is 9.14. The Hall–Kier alpha value is -1.94. The minimum atomic E-state index is -0.507. The molecule has 128 valence electrons. The Morgan fingerprint density at radius 1 is 1.08 bits per heavy atom. The van der Waals surface area contributed by atoms with E-state index in [1.807, 2.05) is 56.8 Å². The van der Waals surface area contributed by atoms with E-state index < -0.39 is 11.7 Å². The summed E-state index contributed by atoms with van der Waals surface area (Å²) < 4.78 is 5.35. The van der Waals surface area contributed by atoms with Gasteiger partial charge in [-0.25, -0.2) is 4.79 Å². The molecule has 1 atom stereocenters. The normalized spacial score (nSPS) is 12.5. The second kappa shape index (κ2) is 8.25. The lowest BCUT2D eigenvalue weighted by Crippen LogP contribution is -2.27. The van der Waals surface area contributed by atoms with Crippen LogP contribution >= 0.6 is 11.8 Å². The predicted molar refractivity (Wildman–Crippen MR) is 102 cm³/mol. The summed E-state index contributed by atoms with van der Waals surface area (Å²) >= 11 is 1.84. The Morgan fingerprint density at radius 2 is 1.71 bits per heavy atom. The molecule has 24 heavy (non-hydrogen) atoms. The first kappa shape index (κ1) is 18.4. The second-order valence-electron chi connectivity index (χ2n) is 6.65. The highest BCUT2D eigenvalue weighted by Gasteiger charge is 2.18. The number of amides is 1. The summed E-state index contributed by atoms with van der Waals surface area (Å²) in [5, 5.41) is 3.13. The summed E-state index contributed by atoms with van der Waals surface area (Å²) in [4.78, 5) is 12.0. The van der Waals surface area contributed by atoms with E-state index in [9.17, 15) is 4.79 Å². The van der Waals surface area contributed by atoms with Crippen molar-refractivity contribution in [3.05, 3.63) is 65.7 Å². The van der Waals surface area contributed by atoms with E-state index in [0.29, 0.717) is 0 Å². The number of ether oxygens (including phenoxy) is 1. The molecule has 1 amide bonds. The molecule has 0 aliphatic carbocycles. The van der Waals surface area contributed by atoms with E-state index in [0.717, 1.165) is 17.0 Å². The molecule has 3 nitrogen and oxygen atoms in total. The van der Waals surface area contributed by atoms with E-state index in [4.69, 9.17) is 4.74 Å². The third-order valence-corrected chi connectivity index (χ3v) is 4.63. The Bertz CT molecular complexity index is 665. The van der Waals surface area contributed by atoms with Crippen LogP contribution in [0.3, 0.4) is 0 Å². The van der Waals surface area contributed by atoms with Crippen molar-refractivity contribution >= 4 is 23.5 Å². The van der Waals surface area contributed by atoms with E-state index >= 15 is 0 Å². The van der Waals surface area contributed by atoms with Crippen molar-refractivity contribution in [2.75, 3.05) is 5.32 Å². The first-order chi connectivity index (χ1) is 11.3. The number of thioether (sulfide) groups is 1. The number of benzene rings is 2. The molecular weight excluding hydrogens is 318 g/mol. The van der Waals surface area contributed by atoms with Gasteiger partial charge in [-0.1, -0.05) is 48.5 Å². The summed E-state index contributed by atoms with van der Waals surface area (Å²) in [5.74, 6) is 0.933. The monoisotopic (exact) mass is 343 g/mol. The highest BCUT2D eigenvalue weighted by Crippen LogP contribution is 2.35. The van der Waals surface area contributed by atoms with Crippen LogP contribution in [0.4, 0.5) is 10.5 Å². The van der Waals surface area contributed by atoms with Crippen LogP contribution < -0.4 is 5.32 Å². The molecule has 0 fully saturated rings. The molecular formula is C20H25NO2S. The van der Waals surface area contributed by atoms with Gasteiger partial charge in [0.1, 0.15) is 5.60 Å². The maximum absolute atomic E-state index is 12.0. The van der Waals surface area contributed by atoms with Gasteiger partial charge >= 0.3 is 6.09 Å². The third kappa shape index (κ3) is 5.93.